The molecular weight excluding hydrogens is 356 g/mol. The van der Waals surface area contributed by atoms with E-state index in [1.54, 1.807) is 0 Å². The number of hydrazine groups is 1. The fraction of sp³-hybridized carbons (Fsp3) is 0.476. The first kappa shape index (κ1) is 17.3. The van der Waals surface area contributed by atoms with E-state index in [1.807, 2.05) is 30.3 Å². The second kappa shape index (κ2) is 6.36. The molecule has 2 amide bonds. The number of nitrogens with zero attached hydrogens (tertiary/aromatic N) is 2. The molecule has 3 N–H and O–H groups in total. The number of hydrogen-bond acceptors (Lipinski definition) is 4. The first-order valence-corrected chi connectivity index (χ1v) is 9.97. The van der Waals surface area contributed by atoms with E-state index in [0.717, 1.165) is 24.9 Å². The zero-order valence-corrected chi connectivity index (χ0v) is 15.6. The summed E-state index contributed by atoms with van der Waals surface area (Å²) in [4.78, 5) is 25.4. The van der Waals surface area contributed by atoms with Gasteiger partial charge in [0.2, 0.25) is 5.91 Å². The zero-order valence-electron chi connectivity index (χ0n) is 15.6. The van der Waals surface area contributed by atoms with Gasteiger partial charge in [0.25, 0.3) is 5.91 Å². The molecule has 7 nitrogen and oxygen atoms in total. The molecule has 1 aromatic carbocycles. The summed E-state index contributed by atoms with van der Waals surface area (Å²) in [6.45, 7) is 0. The van der Waals surface area contributed by atoms with Crippen molar-refractivity contribution in [1.29, 1.82) is 0 Å². The molecule has 4 aliphatic carbocycles. The van der Waals surface area contributed by atoms with Crippen LogP contribution in [0, 0.1) is 23.2 Å². The van der Waals surface area contributed by atoms with Crippen LogP contribution in [-0.2, 0) is 4.79 Å². The standard InChI is InChI=1S/C21H24N4O3/c26-17-12-25(16-4-2-1-3-5-16)24-18(17)19(27)22-23-20(28)21-9-13-6-14(10-21)8-15(7-13)11-21/h1-5,12-15,26H,6-11H2,(H,22,27)(H,23,28). The third-order valence-electron chi connectivity index (χ3n) is 6.74. The van der Waals surface area contributed by atoms with Crippen LogP contribution in [0.1, 0.15) is 49.0 Å². The van der Waals surface area contributed by atoms with Crippen molar-refractivity contribution in [2.45, 2.75) is 38.5 Å². The Bertz CT molecular complexity index is 886. The molecule has 0 aliphatic heterocycles. The maximum atomic E-state index is 12.9. The molecule has 4 saturated carbocycles. The molecule has 28 heavy (non-hydrogen) atoms. The van der Waals surface area contributed by atoms with Crippen LogP contribution < -0.4 is 10.9 Å². The lowest BCUT2D eigenvalue weighted by atomic mass is 9.49. The van der Waals surface area contributed by atoms with Gasteiger partial charge in [0.1, 0.15) is 0 Å². The Morgan fingerprint density at radius 1 is 1.00 bits per heavy atom. The molecule has 6 rings (SSSR count). The summed E-state index contributed by atoms with van der Waals surface area (Å²) in [5.41, 5.74) is 5.35. The number of para-hydroxylation sites is 1. The number of carbonyl (C=O) groups is 2. The number of rotatable bonds is 3. The van der Waals surface area contributed by atoms with Crippen molar-refractivity contribution in [1.82, 2.24) is 20.6 Å². The smallest absolute Gasteiger partial charge is 0.294 e. The number of aromatic nitrogens is 2. The first-order chi connectivity index (χ1) is 13.5. The van der Waals surface area contributed by atoms with Gasteiger partial charge in [0.15, 0.2) is 11.4 Å². The summed E-state index contributed by atoms with van der Waals surface area (Å²) in [7, 11) is 0. The third-order valence-corrected chi connectivity index (χ3v) is 6.74. The average molecular weight is 380 g/mol. The molecule has 4 aliphatic rings. The fourth-order valence-electron chi connectivity index (χ4n) is 5.93. The lowest BCUT2D eigenvalue weighted by Gasteiger charge is -2.55. The first-order valence-electron chi connectivity index (χ1n) is 9.97. The highest BCUT2D eigenvalue weighted by Gasteiger charge is 2.54. The number of nitrogens with one attached hydrogen (secondary N) is 2. The molecule has 0 atom stereocenters. The maximum absolute atomic E-state index is 12.9. The highest BCUT2D eigenvalue weighted by Crippen LogP contribution is 2.60. The fourth-order valence-corrected chi connectivity index (χ4v) is 5.93. The molecule has 0 saturated heterocycles. The quantitative estimate of drug-likeness (QED) is 0.713. The second-order valence-corrected chi connectivity index (χ2v) is 8.75. The molecule has 146 valence electrons. The van der Waals surface area contributed by atoms with Gasteiger partial charge in [-0.3, -0.25) is 20.4 Å². The number of benzene rings is 1. The minimum Gasteiger partial charge on any atom is -0.504 e. The molecule has 0 spiro atoms. The monoisotopic (exact) mass is 380 g/mol. The van der Waals surface area contributed by atoms with Gasteiger partial charge in [-0.1, -0.05) is 18.2 Å². The number of hydrogen-bond donors (Lipinski definition) is 3. The summed E-state index contributed by atoms with van der Waals surface area (Å²) in [5, 5.41) is 14.3. The number of aromatic hydroxyl groups is 1. The molecule has 2 aromatic rings. The molecule has 0 unspecified atom stereocenters. The SMILES string of the molecule is O=C(NNC(=O)C12CC3CC(CC(C3)C1)C2)c1nn(-c2ccccc2)cc1O. The molecular formula is C21H24N4O3. The minimum absolute atomic E-state index is 0.0954. The Labute approximate surface area is 163 Å². The van der Waals surface area contributed by atoms with Crippen molar-refractivity contribution in [2.75, 3.05) is 0 Å². The average Bonchev–Trinajstić information content (AvgIpc) is 3.07. The van der Waals surface area contributed by atoms with Crippen molar-refractivity contribution in [3.05, 3.63) is 42.2 Å². The van der Waals surface area contributed by atoms with Crippen molar-refractivity contribution in [3.63, 3.8) is 0 Å². The summed E-state index contributed by atoms with van der Waals surface area (Å²) in [6.07, 6.45) is 7.92. The summed E-state index contributed by atoms with van der Waals surface area (Å²) in [5.74, 6) is 1.01. The molecule has 1 aromatic heterocycles. The minimum atomic E-state index is -0.620. The Morgan fingerprint density at radius 3 is 2.21 bits per heavy atom. The highest BCUT2D eigenvalue weighted by atomic mass is 16.3. The van der Waals surface area contributed by atoms with E-state index < -0.39 is 5.91 Å². The summed E-state index contributed by atoms with van der Waals surface area (Å²) < 4.78 is 1.44. The van der Waals surface area contributed by atoms with Gasteiger partial charge in [-0.25, -0.2) is 4.68 Å². The van der Waals surface area contributed by atoms with Crippen LogP contribution in [-0.4, -0.2) is 26.7 Å². The van der Waals surface area contributed by atoms with Crippen molar-refractivity contribution in [3.8, 4) is 11.4 Å². The molecule has 1 heterocycles. The molecule has 4 fully saturated rings. The molecule has 4 bridgehead atoms. The van der Waals surface area contributed by atoms with E-state index in [9.17, 15) is 14.7 Å². The van der Waals surface area contributed by atoms with E-state index in [-0.39, 0.29) is 22.8 Å². The van der Waals surface area contributed by atoms with Crippen LogP contribution >= 0.6 is 0 Å². The Morgan fingerprint density at radius 2 is 1.61 bits per heavy atom. The van der Waals surface area contributed by atoms with E-state index in [2.05, 4.69) is 16.0 Å². The largest absolute Gasteiger partial charge is 0.504 e. The summed E-state index contributed by atoms with van der Waals surface area (Å²) >= 11 is 0. The Hall–Kier alpha value is -2.83. The van der Waals surface area contributed by atoms with Crippen LogP contribution in [0.15, 0.2) is 36.5 Å². The lowest BCUT2D eigenvalue weighted by molar-refractivity contribution is -0.147. The predicted octanol–water partition coefficient (Wildman–Crippen LogP) is 2.56. The number of carbonyl (C=O) groups excluding carboxylic acids is 2. The van der Waals surface area contributed by atoms with E-state index >= 15 is 0 Å². The van der Waals surface area contributed by atoms with Gasteiger partial charge in [0, 0.05) is 0 Å². The zero-order chi connectivity index (χ0) is 19.3. The van der Waals surface area contributed by atoms with Gasteiger partial charge >= 0.3 is 0 Å². The second-order valence-electron chi connectivity index (χ2n) is 8.75. The maximum Gasteiger partial charge on any atom is 0.294 e. The summed E-state index contributed by atoms with van der Waals surface area (Å²) in [6, 6.07) is 9.21. The van der Waals surface area contributed by atoms with Gasteiger partial charge in [0.05, 0.1) is 17.3 Å². The lowest BCUT2D eigenvalue weighted by Crippen LogP contribution is -2.56. The van der Waals surface area contributed by atoms with Crippen molar-refractivity contribution in [2.24, 2.45) is 23.2 Å². The van der Waals surface area contributed by atoms with Gasteiger partial charge in [-0.15, -0.1) is 0 Å². The van der Waals surface area contributed by atoms with Gasteiger partial charge in [-0.2, -0.15) is 5.10 Å². The third kappa shape index (κ3) is 2.85. The Kier molecular flexibility index (Phi) is 3.92. The topological polar surface area (TPSA) is 96.3 Å². The van der Waals surface area contributed by atoms with Crippen LogP contribution in [0.4, 0.5) is 0 Å². The predicted molar refractivity (Wildman–Crippen MR) is 101 cm³/mol. The van der Waals surface area contributed by atoms with Crippen LogP contribution in [0.2, 0.25) is 0 Å². The highest BCUT2D eigenvalue weighted by molar-refractivity contribution is 5.96. The molecule has 7 heteroatoms. The van der Waals surface area contributed by atoms with E-state index in [0.29, 0.717) is 17.8 Å². The van der Waals surface area contributed by atoms with E-state index in [1.165, 1.54) is 30.1 Å². The number of amides is 2. The van der Waals surface area contributed by atoms with Crippen molar-refractivity contribution < 1.29 is 14.7 Å². The van der Waals surface area contributed by atoms with Gasteiger partial charge in [-0.05, 0) is 68.4 Å². The van der Waals surface area contributed by atoms with Crippen LogP contribution in [0.3, 0.4) is 0 Å². The Balaban J connectivity index is 1.27. The van der Waals surface area contributed by atoms with Crippen LogP contribution in [0.5, 0.6) is 5.75 Å². The van der Waals surface area contributed by atoms with Gasteiger partial charge < -0.3 is 5.11 Å². The van der Waals surface area contributed by atoms with E-state index in [4.69, 9.17) is 0 Å². The molecule has 0 radical (unpaired) electrons. The van der Waals surface area contributed by atoms with Crippen molar-refractivity contribution >= 4 is 11.8 Å². The van der Waals surface area contributed by atoms with Crippen LogP contribution in [0.25, 0.3) is 5.69 Å². The normalized spacial score (nSPS) is 30.2.